The Hall–Kier alpha value is -2.41. The highest BCUT2D eigenvalue weighted by Gasteiger charge is 2.16. The van der Waals surface area contributed by atoms with Crippen LogP contribution in [0.4, 0.5) is 0 Å². The van der Waals surface area contributed by atoms with E-state index in [1.165, 1.54) is 10.9 Å². The Balaban J connectivity index is 1.74. The monoisotopic (exact) mass is 474 g/mol. The van der Waals surface area contributed by atoms with Crippen molar-refractivity contribution >= 4 is 40.0 Å². The normalized spacial score (nSPS) is 11.3. The minimum atomic E-state index is -0.129. The minimum absolute atomic E-state index is 0.0222. The molecule has 0 aliphatic heterocycles. The molecule has 0 radical (unpaired) electrons. The molecule has 0 fully saturated rings. The number of hydrogen-bond donors (Lipinski definition) is 0. The summed E-state index contributed by atoms with van der Waals surface area (Å²) in [6.45, 7) is 4.13. The zero-order valence-electron chi connectivity index (χ0n) is 18.6. The predicted octanol–water partition coefficient (Wildman–Crippen LogP) is 4.38. The Labute approximate surface area is 198 Å². The second-order valence-electron chi connectivity index (χ2n) is 8.18. The van der Waals surface area contributed by atoms with Crippen molar-refractivity contribution in [1.29, 1.82) is 0 Å². The van der Waals surface area contributed by atoms with Gasteiger partial charge in [0.1, 0.15) is 0 Å². The minimum Gasteiger partial charge on any atom is -0.338 e. The number of carbonyl (C=O) groups is 1. The number of amides is 1. The summed E-state index contributed by atoms with van der Waals surface area (Å²) in [5.74, 6) is -0.0222. The fourth-order valence-electron chi connectivity index (χ4n) is 3.60. The van der Waals surface area contributed by atoms with Gasteiger partial charge in [0.05, 0.1) is 27.3 Å². The van der Waals surface area contributed by atoms with E-state index in [-0.39, 0.29) is 24.4 Å². The zero-order chi connectivity index (χ0) is 23.3. The second-order valence-corrected chi connectivity index (χ2v) is 9.00. The Bertz CT molecular complexity index is 1160. The fraction of sp³-hybridized carbons (Fsp3) is 0.375. The van der Waals surface area contributed by atoms with E-state index < -0.39 is 0 Å². The molecule has 32 heavy (non-hydrogen) atoms. The molecule has 170 valence electrons. The molecule has 6 nitrogen and oxygen atoms in total. The Morgan fingerprint density at radius 3 is 2.59 bits per heavy atom. The van der Waals surface area contributed by atoms with E-state index in [1.807, 2.05) is 44.1 Å². The average molecular weight is 475 g/mol. The highest BCUT2D eigenvalue weighted by Crippen LogP contribution is 2.23. The topological polar surface area (TPSA) is 58.4 Å². The molecule has 0 aliphatic carbocycles. The van der Waals surface area contributed by atoms with Crippen LogP contribution in [-0.4, -0.2) is 52.4 Å². The maximum atomic E-state index is 13.1. The summed E-state index contributed by atoms with van der Waals surface area (Å²) in [4.78, 5) is 34.3. The van der Waals surface area contributed by atoms with Gasteiger partial charge in [-0.3, -0.25) is 14.2 Å². The summed E-state index contributed by atoms with van der Waals surface area (Å²) in [5, 5.41) is 1.52. The van der Waals surface area contributed by atoms with Crippen LogP contribution in [0, 0.1) is 6.92 Å². The van der Waals surface area contributed by atoms with Gasteiger partial charge in [0, 0.05) is 26.1 Å². The largest absolute Gasteiger partial charge is 0.338 e. The molecule has 0 saturated heterocycles. The molecular formula is C24H28Cl2N4O2. The van der Waals surface area contributed by atoms with Crippen molar-refractivity contribution in [2.24, 2.45) is 0 Å². The summed E-state index contributed by atoms with van der Waals surface area (Å²) < 4.78 is 1.51. The quantitative estimate of drug-likeness (QED) is 0.461. The van der Waals surface area contributed by atoms with Gasteiger partial charge in [-0.15, -0.1) is 0 Å². The van der Waals surface area contributed by atoms with Crippen molar-refractivity contribution < 1.29 is 4.79 Å². The standard InChI is InChI=1S/C24H28Cl2N4O2/c1-17-6-4-7-19-23(17)27-16-30(24(19)32)13-10-22(31)29(12-5-11-28(2)3)15-18-8-9-20(25)21(26)14-18/h4,6-9,14,16H,5,10-13,15H2,1-3H3. The van der Waals surface area contributed by atoms with Crippen LogP contribution in [0.2, 0.25) is 10.0 Å². The summed E-state index contributed by atoms with van der Waals surface area (Å²) >= 11 is 12.2. The molecule has 3 aromatic rings. The molecular weight excluding hydrogens is 447 g/mol. The van der Waals surface area contributed by atoms with Crippen LogP contribution >= 0.6 is 23.2 Å². The van der Waals surface area contributed by atoms with Crippen molar-refractivity contribution in [3.05, 3.63) is 74.3 Å². The molecule has 0 saturated carbocycles. The number of fused-ring (bicyclic) bond motifs is 1. The van der Waals surface area contributed by atoms with Crippen LogP contribution in [0.1, 0.15) is 24.0 Å². The van der Waals surface area contributed by atoms with Crippen LogP contribution in [0.15, 0.2) is 47.5 Å². The van der Waals surface area contributed by atoms with E-state index in [4.69, 9.17) is 23.2 Å². The number of benzene rings is 2. The first-order chi connectivity index (χ1) is 15.3. The van der Waals surface area contributed by atoms with E-state index >= 15 is 0 Å². The predicted molar refractivity (Wildman–Crippen MR) is 130 cm³/mol. The lowest BCUT2D eigenvalue weighted by molar-refractivity contribution is -0.132. The van der Waals surface area contributed by atoms with Crippen LogP contribution in [0.25, 0.3) is 10.9 Å². The van der Waals surface area contributed by atoms with E-state index in [0.29, 0.717) is 34.0 Å². The molecule has 2 aromatic carbocycles. The molecule has 0 atom stereocenters. The molecule has 0 N–H and O–H groups in total. The Morgan fingerprint density at radius 1 is 1.09 bits per heavy atom. The maximum Gasteiger partial charge on any atom is 0.261 e. The number of carbonyl (C=O) groups excluding carboxylic acids is 1. The number of aryl methyl sites for hydroxylation is 2. The lowest BCUT2D eigenvalue weighted by Crippen LogP contribution is -2.34. The van der Waals surface area contributed by atoms with Gasteiger partial charge < -0.3 is 9.80 Å². The molecule has 1 heterocycles. The Morgan fingerprint density at radius 2 is 1.88 bits per heavy atom. The Kier molecular flexibility index (Phi) is 8.29. The third-order valence-corrected chi connectivity index (χ3v) is 6.10. The molecule has 1 amide bonds. The van der Waals surface area contributed by atoms with Gasteiger partial charge in [-0.25, -0.2) is 4.98 Å². The van der Waals surface area contributed by atoms with Crippen molar-refractivity contribution in [3.8, 4) is 0 Å². The maximum absolute atomic E-state index is 13.1. The third-order valence-electron chi connectivity index (χ3n) is 5.37. The summed E-state index contributed by atoms with van der Waals surface area (Å²) in [6, 6.07) is 11.0. The zero-order valence-corrected chi connectivity index (χ0v) is 20.2. The van der Waals surface area contributed by atoms with Crippen molar-refractivity contribution in [1.82, 2.24) is 19.4 Å². The third kappa shape index (κ3) is 6.09. The van der Waals surface area contributed by atoms with E-state index in [9.17, 15) is 9.59 Å². The van der Waals surface area contributed by atoms with Crippen molar-refractivity contribution in [3.63, 3.8) is 0 Å². The number of para-hydroxylation sites is 1. The lowest BCUT2D eigenvalue weighted by Gasteiger charge is -2.24. The first-order valence-electron chi connectivity index (χ1n) is 10.6. The van der Waals surface area contributed by atoms with Gasteiger partial charge in [0.2, 0.25) is 5.91 Å². The van der Waals surface area contributed by atoms with Crippen molar-refractivity contribution in [2.75, 3.05) is 27.2 Å². The van der Waals surface area contributed by atoms with Gasteiger partial charge in [0.15, 0.2) is 0 Å². The smallest absolute Gasteiger partial charge is 0.261 e. The van der Waals surface area contributed by atoms with Crippen LogP contribution in [-0.2, 0) is 17.9 Å². The molecule has 0 bridgehead atoms. The van der Waals surface area contributed by atoms with Gasteiger partial charge in [0.25, 0.3) is 5.56 Å². The first-order valence-corrected chi connectivity index (χ1v) is 11.3. The number of nitrogens with zero attached hydrogens (tertiary/aromatic N) is 4. The van der Waals surface area contributed by atoms with E-state index in [2.05, 4.69) is 9.88 Å². The number of hydrogen-bond acceptors (Lipinski definition) is 4. The summed E-state index contributed by atoms with van der Waals surface area (Å²) in [7, 11) is 4.01. The van der Waals surface area contributed by atoms with Crippen LogP contribution in [0.3, 0.4) is 0 Å². The molecule has 1 aromatic heterocycles. The SMILES string of the molecule is Cc1cccc2c(=O)n(CCC(=O)N(CCCN(C)C)Cc3ccc(Cl)c(Cl)c3)cnc12. The lowest BCUT2D eigenvalue weighted by atomic mass is 10.1. The summed E-state index contributed by atoms with van der Waals surface area (Å²) in [6.07, 6.45) is 2.58. The van der Waals surface area contributed by atoms with Gasteiger partial charge in [-0.1, -0.05) is 41.4 Å². The van der Waals surface area contributed by atoms with Crippen LogP contribution < -0.4 is 5.56 Å². The van der Waals surface area contributed by atoms with Crippen molar-refractivity contribution in [2.45, 2.75) is 32.9 Å². The number of aromatic nitrogens is 2. The van der Waals surface area contributed by atoms with E-state index in [1.54, 1.807) is 18.2 Å². The number of halogens is 2. The van der Waals surface area contributed by atoms with Gasteiger partial charge in [-0.05, 0) is 63.3 Å². The highest BCUT2D eigenvalue weighted by atomic mass is 35.5. The first kappa shape index (κ1) is 24.2. The average Bonchev–Trinajstić information content (AvgIpc) is 2.75. The van der Waals surface area contributed by atoms with E-state index in [0.717, 1.165) is 24.1 Å². The molecule has 3 rings (SSSR count). The van der Waals surface area contributed by atoms with Gasteiger partial charge in [-0.2, -0.15) is 0 Å². The second kappa shape index (κ2) is 10.9. The highest BCUT2D eigenvalue weighted by molar-refractivity contribution is 6.42. The number of rotatable bonds is 9. The van der Waals surface area contributed by atoms with Gasteiger partial charge >= 0.3 is 0 Å². The van der Waals surface area contributed by atoms with Crippen LogP contribution in [0.5, 0.6) is 0 Å². The molecule has 8 heteroatoms. The molecule has 0 spiro atoms. The molecule has 0 aliphatic rings. The molecule has 0 unspecified atom stereocenters. The summed E-state index contributed by atoms with van der Waals surface area (Å²) in [5.41, 5.74) is 2.44. The fourth-order valence-corrected chi connectivity index (χ4v) is 3.92.